The molecule has 0 aliphatic carbocycles. The van der Waals surface area contributed by atoms with Crippen molar-refractivity contribution < 1.29 is 4.79 Å². The third-order valence-corrected chi connectivity index (χ3v) is 6.09. The number of H-pyrrole nitrogens is 1. The molecule has 2 aliphatic rings. The van der Waals surface area contributed by atoms with E-state index < -0.39 is 0 Å². The van der Waals surface area contributed by atoms with Crippen molar-refractivity contribution in [1.29, 1.82) is 0 Å². The zero-order valence-corrected chi connectivity index (χ0v) is 17.2. The summed E-state index contributed by atoms with van der Waals surface area (Å²) in [6.45, 7) is 2.16. The number of aromatic amines is 1. The average Bonchev–Trinajstić information content (AvgIpc) is 3.25. The molecule has 2 aromatic heterocycles. The molecule has 1 aromatic carbocycles. The highest BCUT2D eigenvalue weighted by Crippen LogP contribution is 2.38. The maximum atomic E-state index is 12.9. The van der Waals surface area contributed by atoms with Crippen LogP contribution in [0.1, 0.15) is 34.6 Å². The van der Waals surface area contributed by atoms with Gasteiger partial charge < -0.3 is 20.2 Å². The van der Waals surface area contributed by atoms with Gasteiger partial charge in [0, 0.05) is 42.9 Å². The van der Waals surface area contributed by atoms with Gasteiger partial charge in [-0.2, -0.15) is 0 Å². The standard InChI is InChI=1S/C22H23N5O2.ClH/c28-19-8-4-7-17-15-9-16(11-23-10-15)18(27(17)19)12-24-22(29)21-20(25-13-26-21)14-5-2-1-3-6-14;/h1-8,13,15-16,18,23H,9-12H2,(H,24,29)(H,25,26);1H/t15-,16+,18+;/m1./s1. The summed E-state index contributed by atoms with van der Waals surface area (Å²) >= 11 is 0. The first-order valence-corrected chi connectivity index (χ1v) is 10.0. The molecule has 1 fully saturated rings. The van der Waals surface area contributed by atoms with E-state index in [1.807, 2.05) is 47.0 Å². The van der Waals surface area contributed by atoms with Crippen LogP contribution in [-0.4, -0.2) is 40.1 Å². The van der Waals surface area contributed by atoms with Gasteiger partial charge in [-0.15, -0.1) is 12.4 Å². The van der Waals surface area contributed by atoms with Gasteiger partial charge in [-0.05, 0) is 18.4 Å². The summed E-state index contributed by atoms with van der Waals surface area (Å²) in [6.07, 6.45) is 2.57. The van der Waals surface area contributed by atoms with Crippen LogP contribution in [0.15, 0.2) is 59.7 Å². The maximum Gasteiger partial charge on any atom is 0.270 e. The number of carbonyl (C=O) groups excluding carboxylic acids is 1. The van der Waals surface area contributed by atoms with Crippen LogP contribution in [0.5, 0.6) is 0 Å². The van der Waals surface area contributed by atoms with E-state index in [1.54, 1.807) is 6.07 Å². The first-order chi connectivity index (χ1) is 14.2. The highest BCUT2D eigenvalue weighted by molar-refractivity contribution is 5.98. The topological polar surface area (TPSA) is 91.8 Å². The molecule has 0 saturated carbocycles. The van der Waals surface area contributed by atoms with Crippen LogP contribution in [-0.2, 0) is 0 Å². The number of pyridine rings is 1. The summed E-state index contributed by atoms with van der Waals surface area (Å²) in [6, 6.07) is 15.0. The first-order valence-electron chi connectivity index (χ1n) is 10.0. The quantitative estimate of drug-likeness (QED) is 0.598. The molecule has 0 unspecified atom stereocenters. The van der Waals surface area contributed by atoms with Gasteiger partial charge in [0.1, 0.15) is 11.4 Å². The van der Waals surface area contributed by atoms with Crippen LogP contribution in [0.4, 0.5) is 0 Å². The fourth-order valence-electron chi connectivity index (χ4n) is 4.73. The Morgan fingerprint density at radius 2 is 1.97 bits per heavy atom. The Morgan fingerprint density at radius 1 is 1.13 bits per heavy atom. The molecule has 3 atom stereocenters. The Kier molecular flexibility index (Phi) is 5.74. The molecule has 0 spiro atoms. The number of amides is 1. The number of nitrogens with one attached hydrogen (secondary N) is 3. The van der Waals surface area contributed by atoms with Gasteiger partial charge in [-0.3, -0.25) is 9.59 Å². The van der Waals surface area contributed by atoms with E-state index in [0.29, 0.717) is 29.8 Å². The van der Waals surface area contributed by atoms with Crippen molar-refractivity contribution in [3.05, 3.63) is 76.6 Å². The predicted octanol–water partition coefficient (Wildman–Crippen LogP) is 2.34. The molecule has 3 aromatic rings. The third kappa shape index (κ3) is 3.55. The number of rotatable bonds is 4. The Labute approximate surface area is 180 Å². The molecule has 8 heteroatoms. The second-order valence-corrected chi connectivity index (χ2v) is 7.78. The number of benzene rings is 1. The molecule has 2 aliphatic heterocycles. The van der Waals surface area contributed by atoms with Gasteiger partial charge in [0.15, 0.2) is 0 Å². The van der Waals surface area contributed by atoms with Gasteiger partial charge >= 0.3 is 0 Å². The van der Waals surface area contributed by atoms with Gasteiger partial charge in [-0.25, -0.2) is 4.98 Å². The van der Waals surface area contributed by atoms with Gasteiger partial charge in [0.2, 0.25) is 0 Å². The Morgan fingerprint density at radius 3 is 2.80 bits per heavy atom. The SMILES string of the molecule is Cl.O=C(NC[C@H]1[C@@H]2CNC[C@@H](C2)c2cccc(=O)n21)c1[nH]cnc1-c1ccccc1. The molecule has 3 N–H and O–H groups in total. The molecule has 5 rings (SSSR count). The number of hydrogen-bond donors (Lipinski definition) is 3. The van der Waals surface area contributed by atoms with Gasteiger partial charge in [0.05, 0.1) is 12.4 Å². The lowest BCUT2D eigenvalue weighted by molar-refractivity contribution is 0.0928. The van der Waals surface area contributed by atoms with E-state index in [1.165, 1.54) is 6.33 Å². The molecule has 0 radical (unpaired) electrons. The molecule has 4 heterocycles. The van der Waals surface area contributed by atoms with Crippen LogP contribution in [0.3, 0.4) is 0 Å². The fraction of sp³-hybridized carbons (Fsp3) is 0.318. The highest BCUT2D eigenvalue weighted by Gasteiger charge is 2.37. The second-order valence-electron chi connectivity index (χ2n) is 7.78. The number of halogens is 1. The third-order valence-electron chi connectivity index (χ3n) is 6.09. The Hall–Kier alpha value is -2.90. The summed E-state index contributed by atoms with van der Waals surface area (Å²) in [4.78, 5) is 32.8. The number of nitrogens with zero attached hydrogens (tertiary/aromatic N) is 2. The van der Waals surface area contributed by atoms with Crippen molar-refractivity contribution in [2.24, 2.45) is 5.92 Å². The van der Waals surface area contributed by atoms with Crippen molar-refractivity contribution in [3.8, 4) is 11.3 Å². The highest BCUT2D eigenvalue weighted by atomic mass is 35.5. The summed E-state index contributed by atoms with van der Waals surface area (Å²) < 4.78 is 1.89. The van der Waals surface area contributed by atoms with E-state index in [2.05, 4.69) is 20.6 Å². The van der Waals surface area contributed by atoms with Crippen LogP contribution in [0, 0.1) is 5.92 Å². The van der Waals surface area contributed by atoms with E-state index in [0.717, 1.165) is 30.8 Å². The molecule has 2 bridgehead atoms. The van der Waals surface area contributed by atoms with Crippen LogP contribution < -0.4 is 16.2 Å². The lowest BCUT2D eigenvalue weighted by Crippen LogP contribution is -2.50. The van der Waals surface area contributed by atoms with Crippen molar-refractivity contribution in [1.82, 2.24) is 25.2 Å². The zero-order chi connectivity index (χ0) is 19.8. The molecular weight excluding hydrogens is 402 g/mol. The lowest BCUT2D eigenvalue weighted by atomic mass is 9.79. The van der Waals surface area contributed by atoms with Crippen molar-refractivity contribution in [3.63, 3.8) is 0 Å². The van der Waals surface area contributed by atoms with E-state index in [4.69, 9.17) is 0 Å². The minimum absolute atomic E-state index is 0. The van der Waals surface area contributed by atoms with E-state index >= 15 is 0 Å². The average molecular weight is 426 g/mol. The smallest absolute Gasteiger partial charge is 0.270 e. The number of carbonyl (C=O) groups is 1. The lowest BCUT2D eigenvalue weighted by Gasteiger charge is -2.43. The number of hydrogen-bond acceptors (Lipinski definition) is 4. The second kappa shape index (κ2) is 8.45. The van der Waals surface area contributed by atoms with Crippen LogP contribution >= 0.6 is 12.4 Å². The molecule has 156 valence electrons. The summed E-state index contributed by atoms with van der Waals surface area (Å²) in [7, 11) is 0. The maximum absolute atomic E-state index is 12.9. The molecular formula is C22H24ClN5O2. The fourth-order valence-corrected chi connectivity index (χ4v) is 4.73. The zero-order valence-electron chi connectivity index (χ0n) is 16.4. The summed E-state index contributed by atoms with van der Waals surface area (Å²) in [5.41, 5.74) is 3.02. The number of piperidine rings is 1. The molecule has 1 saturated heterocycles. The minimum atomic E-state index is -0.210. The number of aromatic nitrogens is 3. The monoisotopic (exact) mass is 425 g/mol. The predicted molar refractivity (Wildman–Crippen MR) is 117 cm³/mol. The normalized spacial score (nSPS) is 21.9. The Bertz CT molecular complexity index is 1090. The van der Waals surface area contributed by atoms with Crippen LogP contribution in [0.25, 0.3) is 11.3 Å². The van der Waals surface area contributed by atoms with Gasteiger partial charge in [0.25, 0.3) is 11.5 Å². The van der Waals surface area contributed by atoms with Gasteiger partial charge in [-0.1, -0.05) is 36.4 Å². The Balaban J connectivity index is 0.00000218. The minimum Gasteiger partial charge on any atom is -0.349 e. The van der Waals surface area contributed by atoms with E-state index in [-0.39, 0.29) is 29.9 Å². The number of fused-ring (bicyclic) bond motifs is 4. The van der Waals surface area contributed by atoms with Crippen molar-refractivity contribution in [2.45, 2.75) is 18.4 Å². The van der Waals surface area contributed by atoms with E-state index in [9.17, 15) is 9.59 Å². The summed E-state index contributed by atoms with van der Waals surface area (Å²) in [5, 5.41) is 6.52. The van der Waals surface area contributed by atoms with Crippen LogP contribution in [0.2, 0.25) is 0 Å². The largest absolute Gasteiger partial charge is 0.349 e. The summed E-state index contributed by atoms with van der Waals surface area (Å²) in [5.74, 6) is 0.460. The van der Waals surface area contributed by atoms with Crippen molar-refractivity contribution in [2.75, 3.05) is 19.6 Å². The van der Waals surface area contributed by atoms with Crippen molar-refractivity contribution >= 4 is 18.3 Å². The first kappa shape index (κ1) is 20.4. The molecule has 30 heavy (non-hydrogen) atoms. The molecule has 1 amide bonds. The number of imidazole rings is 1. The molecule has 7 nitrogen and oxygen atoms in total.